The molecule has 0 fully saturated rings. The van der Waals surface area contributed by atoms with E-state index in [2.05, 4.69) is 0 Å². The molecular weight excluding hydrogens is 301 g/mol. The Morgan fingerprint density at radius 1 is 1.14 bits per heavy atom. The number of hydrogen-bond donors (Lipinski definition) is 0. The van der Waals surface area contributed by atoms with Gasteiger partial charge in [0.05, 0.1) is 5.56 Å². The molecule has 0 amide bonds. The third kappa shape index (κ3) is 5.22. The summed E-state index contributed by atoms with van der Waals surface area (Å²) in [7, 11) is 0. The van der Waals surface area contributed by atoms with Gasteiger partial charge in [-0.05, 0) is 32.9 Å². The quantitative estimate of drug-likeness (QED) is 0.587. The summed E-state index contributed by atoms with van der Waals surface area (Å²) in [6, 6.07) is 8.99. The van der Waals surface area contributed by atoms with E-state index in [1.54, 1.807) is 12.1 Å². The Morgan fingerprint density at radius 2 is 1.64 bits per heavy atom. The standard InChI is InChI=1S/C11H14O2.Ba/c1-11(2,3)13-10(12)9-7-5-4-6-8-9;/h4-8H,1-3H3;. The predicted molar refractivity (Wildman–Crippen MR) is 57.4 cm³/mol. The average Bonchev–Trinajstić information content (AvgIpc) is 2.03. The van der Waals surface area contributed by atoms with Crippen LogP contribution in [0.25, 0.3) is 0 Å². The molecule has 1 rings (SSSR count). The molecule has 14 heavy (non-hydrogen) atoms. The number of rotatable bonds is 1. The average molecular weight is 316 g/mol. The zero-order valence-electron chi connectivity index (χ0n) is 8.91. The van der Waals surface area contributed by atoms with Crippen LogP contribution in [0.4, 0.5) is 0 Å². The second kappa shape index (κ2) is 5.98. The Morgan fingerprint density at radius 3 is 2.07 bits per heavy atom. The molecule has 0 N–H and O–H groups in total. The van der Waals surface area contributed by atoms with Gasteiger partial charge in [-0.3, -0.25) is 0 Å². The third-order valence-corrected chi connectivity index (χ3v) is 1.41. The normalized spacial score (nSPS) is 10.2. The van der Waals surface area contributed by atoms with Crippen molar-refractivity contribution in [3.8, 4) is 0 Å². The van der Waals surface area contributed by atoms with Crippen molar-refractivity contribution in [3.05, 3.63) is 35.9 Å². The van der Waals surface area contributed by atoms with Gasteiger partial charge in [0.25, 0.3) is 0 Å². The molecule has 2 nitrogen and oxygen atoms in total. The molecule has 0 saturated heterocycles. The number of hydrogen-bond acceptors (Lipinski definition) is 2. The molecule has 2 radical (unpaired) electrons. The second-order valence-corrected chi connectivity index (χ2v) is 3.87. The van der Waals surface area contributed by atoms with Gasteiger partial charge in [-0.2, -0.15) is 0 Å². The molecular formula is C11H14BaO2. The van der Waals surface area contributed by atoms with Gasteiger partial charge < -0.3 is 4.74 Å². The molecule has 3 heteroatoms. The van der Waals surface area contributed by atoms with E-state index in [0.717, 1.165) is 0 Å². The number of esters is 1. The molecule has 72 valence electrons. The fourth-order valence-corrected chi connectivity index (χ4v) is 0.911. The first-order chi connectivity index (χ1) is 5.99. The van der Waals surface area contributed by atoms with E-state index in [-0.39, 0.29) is 54.9 Å². The predicted octanol–water partition coefficient (Wildman–Crippen LogP) is 2.26. The number of ether oxygens (including phenoxy) is 1. The van der Waals surface area contributed by atoms with Gasteiger partial charge >= 0.3 is 5.97 Å². The molecule has 0 bridgehead atoms. The van der Waals surface area contributed by atoms with E-state index in [1.807, 2.05) is 39.0 Å². The van der Waals surface area contributed by atoms with Crippen LogP contribution in [0.5, 0.6) is 0 Å². The van der Waals surface area contributed by atoms with Gasteiger partial charge in [-0.15, -0.1) is 0 Å². The topological polar surface area (TPSA) is 26.3 Å². The van der Waals surface area contributed by atoms with Crippen LogP contribution in [0.2, 0.25) is 0 Å². The minimum absolute atomic E-state index is 0. The van der Waals surface area contributed by atoms with Crippen molar-refractivity contribution < 1.29 is 9.53 Å². The van der Waals surface area contributed by atoms with E-state index in [9.17, 15) is 4.79 Å². The van der Waals surface area contributed by atoms with Crippen LogP contribution in [0, 0.1) is 0 Å². The zero-order valence-corrected chi connectivity index (χ0v) is 13.4. The first-order valence-corrected chi connectivity index (χ1v) is 4.27. The van der Waals surface area contributed by atoms with Crippen LogP contribution in [0.15, 0.2) is 30.3 Å². The van der Waals surface area contributed by atoms with Gasteiger partial charge in [-0.25, -0.2) is 4.79 Å². The van der Waals surface area contributed by atoms with Crippen LogP contribution < -0.4 is 0 Å². The van der Waals surface area contributed by atoms with E-state index < -0.39 is 5.60 Å². The van der Waals surface area contributed by atoms with Gasteiger partial charge in [0.2, 0.25) is 0 Å². The Hall–Kier alpha value is 0.261. The Balaban J connectivity index is 0.00000169. The molecule has 0 unspecified atom stereocenters. The minimum Gasteiger partial charge on any atom is -0.456 e. The van der Waals surface area contributed by atoms with Crippen molar-refractivity contribution in [2.24, 2.45) is 0 Å². The SMILES string of the molecule is CC(C)(C)OC(=O)c1ccccc1.[Ba]. The number of benzene rings is 1. The van der Waals surface area contributed by atoms with Gasteiger partial charge in [0.1, 0.15) is 5.60 Å². The van der Waals surface area contributed by atoms with Crippen molar-refractivity contribution in [2.75, 3.05) is 0 Å². The number of carbonyl (C=O) groups is 1. The second-order valence-electron chi connectivity index (χ2n) is 3.87. The van der Waals surface area contributed by atoms with Gasteiger partial charge in [-0.1, -0.05) is 18.2 Å². The maximum Gasteiger partial charge on any atom is 0.338 e. The molecule has 0 aromatic heterocycles. The van der Waals surface area contributed by atoms with Gasteiger partial charge in [0.15, 0.2) is 0 Å². The van der Waals surface area contributed by atoms with E-state index in [4.69, 9.17) is 4.74 Å². The molecule has 0 aliphatic heterocycles. The van der Waals surface area contributed by atoms with Crippen molar-refractivity contribution in [3.63, 3.8) is 0 Å². The van der Waals surface area contributed by atoms with E-state index >= 15 is 0 Å². The summed E-state index contributed by atoms with van der Waals surface area (Å²) in [4.78, 5) is 11.4. The van der Waals surface area contributed by atoms with Crippen LogP contribution in [0.1, 0.15) is 31.1 Å². The Bertz CT molecular complexity index is 288. The smallest absolute Gasteiger partial charge is 0.338 e. The van der Waals surface area contributed by atoms with Gasteiger partial charge in [0, 0.05) is 48.9 Å². The minimum atomic E-state index is -0.424. The summed E-state index contributed by atoms with van der Waals surface area (Å²) in [5, 5.41) is 0. The van der Waals surface area contributed by atoms with Crippen molar-refractivity contribution in [1.82, 2.24) is 0 Å². The van der Waals surface area contributed by atoms with Crippen LogP contribution in [-0.4, -0.2) is 60.5 Å². The molecule has 0 aliphatic carbocycles. The fraction of sp³-hybridized carbons (Fsp3) is 0.364. The number of carbonyl (C=O) groups excluding carboxylic acids is 1. The van der Waals surface area contributed by atoms with Crippen molar-refractivity contribution in [1.29, 1.82) is 0 Å². The maximum absolute atomic E-state index is 11.4. The Kier molecular flexibility index (Phi) is 6.09. The summed E-state index contributed by atoms with van der Waals surface area (Å²) in [6.45, 7) is 5.56. The summed E-state index contributed by atoms with van der Waals surface area (Å²) in [5.74, 6) is -0.270. The van der Waals surface area contributed by atoms with E-state index in [0.29, 0.717) is 5.56 Å². The summed E-state index contributed by atoms with van der Waals surface area (Å²) < 4.78 is 5.18. The first-order valence-electron chi connectivity index (χ1n) is 4.27. The summed E-state index contributed by atoms with van der Waals surface area (Å²) in [6.07, 6.45) is 0. The van der Waals surface area contributed by atoms with Crippen LogP contribution in [0.3, 0.4) is 0 Å². The van der Waals surface area contributed by atoms with Crippen molar-refractivity contribution >= 4 is 54.9 Å². The molecule has 0 spiro atoms. The van der Waals surface area contributed by atoms with Crippen LogP contribution >= 0.6 is 0 Å². The monoisotopic (exact) mass is 316 g/mol. The third-order valence-electron chi connectivity index (χ3n) is 1.41. The Labute approximate surface area is 125 Å². The zero-order chi connectivity index (χ0) is 9.90. The molecule has 0 heterocycles. The molecule has 0 aliphatic rings. The van der Waals surface area contributed by atoms with Crippen molar-refractivity contribution in [2.45, 2.75) is 26.4 Å². The molecule has 0 saturated carbocycles. The summed E-state index contributed by atoms with van der Waals surface area (Å²) in [5.41, 5.74) is 0.171. The largest absolute Gasteiger partial charge is 0.456 e. The first kappa shape index (κ1) is 14.3. The molecule has 0 atom stereocenters. The summed E-state index contributed by atoms with van der Waals surface area (Å²) >= 11 is 0. The fourth-order valence-electron chi connectivity index (χ4n) is 0.911. The maximum atomic E-state index is 11.4. The molecule has 1 aromatic carbocycles. The molecule has 1 aromatic rings. The van der Waals surface area contributed by atoms with Crippen LogP contribution in [-0.2, 0) is 4.74 Å². The van der Waals surface area contributed by atoms with E-state index in [1.165, 1.54) is 0 Å².